The summed E-state index contributed by atoms with van der Waals surface area (Å²) >= 11 is 6.21. The number of ether oxygens (including phenoxy) is 2. The minimum absolute atomic E-state index is 0.00385. The highest BCUT2D eigenvalue weighted by Crippen LogP contribution is 2.38. The number of benzene rings is 2. The number of carbonyl (C=O) groups is 1. The highest BCUT2D eigenvalue weighted by atomic mass is 35.5. The molecule has 0 bridgehead atoms. The molecule has 1 aliphatic rings. The van der Waals surface area contributed by atoms with Gasteiger partial charge in [-0.1, -0.05) is 23.7 Å². The first-order chi connectivity index (χ1) is 13.7. The van der Waals surface area contributed by atoms with Gasteiger partial charge in [0.1, 0.15) is 13.2 Å². The van der Waals surface area contributed by atoms with E-state index < -0.39 is 10.0 Å². The average molecular weight is 437 g/mol. The minimum atomic E-state index is -3.81. The Hall–Kier alpha value is -2.55. The molecule has 0 saturated heterocycles. The number of sulfonamides is 1. The summed E-state index contributed by atoms with van der Waals surface area (Å²) in [7, 11) is -2.18. The molecule has 0 aromatic heterocycles. The molecule has 1 amide bonds. The van der Waals surface area contributed by atoms with E-state index in [2.05, 4.69) is 0 Å². The van der Waals surface area contributed by atoms with Crippen molar-refractivity contribution in [2.75, 3.05) is 20.3 Å². The molecule has 1 atom stereocenters. The third-order valence-electron chi connectivity index (χ3n) is 4.64. The van der Waals surface area contributed by atoms with E-state index in [1.165, 1.54) is 23.1 Å². The Bertz CT molecular complexity index is 1070. The van der Waals surface area contributed by atoms with Gasteiger partial charge in [-0.2, -0.15) is 0 Å². The zero-order valence-corrected chi connectivity index (χ0v) is 17.5. The van der Waals surface area contributed by atoms with Crippen molar-refractivity contribution in [3.05, 3.63) is 58.6 Å². The molecule has 154 valence electrons. The van der Waals surface area contributed by atoms with Crippen molar-refractivity contribution in [3.8, 4) is 11.5 Å². The minimum Gasteiger partial charge on any atom is -0.486 e. The van der Waals surface area contributed by atoms with Crippen LogP contribution < -0.4 is 14.6 Å². The van der Waals surface area contributed by atoms with Crippen molar-refractivity contribution in [2.24, 2.45) is 5.14 Å². The maximum Gasteiger partial charge on any atom is 0.246 e. The Kier molecular flexibility index (Phi) is 6.16. The van der Waals surface area contributed by atoms with E-state index in [9.17, 15) is 13.2 Å². The Morgan fingerprint density at radius 1 is 1.24 bits per heavy atom. The molecule has 29 heavy (non-hydrogen) atoms. The number of amides is 1. The topological polar surface area (TPSA) is 98.9 Å². The van der Waals surface area contributed by atoms with Gasteiger partial charge in [-0.05, 0) is 48.4 Å². The van der Waals surface area contributed by atoms with Crippen LogP contribution in [0.25, 0.3) is 6.08 Å². The fourth-order valence-corrected chi connectivity index (χ4v) is 3.72. The van der Waals surface area contributed by atoms with E-state index in [0.717, 1.165) is 0 Å². The van der Waals surface area contributed by atoms with Crippen LogP contribution in [0, 0.1) is 0 Å². The standard InChI is InChI=1S/C20H21ClN2O5S/c1-13(15-4-3-5-16(12-15)29(22,25)26)23(2)19(24)7-6-14-10-17(21)20-18(11-14)27-8-9-28-20/h3-7,10-13H,8-9H2,1-2H3,(H2,22,25,26)/b7-6+. The molecule has 7 nitrogen and oxygen atoms in total. The van der Waals surface area contributed by atoms with Crippen LogP contribution in [0.2, 0.25) is 5.02 Å². The fourth-order valence-electron chi connectivity index (χ4n) is 2.88. The third-order valence-corrected chi connectivity index (χ3v) is 5.83. The predicted octanol–water partition coefficient (Wildman–Crippen LogP) is 2.99. The van der Waals surface area contributed by atoms with E-state index in [-0.39, 0.29) is 16.8 Å². The summed E-state index contributed by atoms with van der Waals surface area (Å²) in [6, 6.07) is 9.30. The lowest BCUT2D eigenvalue weighted by molar-refractivity contribution is -0.126. The lowest BCUT2D eigenvalue weighted by Gasteiger charge is -2.24. The van der Waals surface area contributed by atoms with Crippen LogP contribution >= 0.6 is 11.6 Å². The first kappa shape index (κ1) is 21.2. The lowest BCUT2D eigenvalue weighted by atomic mass is 10.1. The molecule has 2 N–H and O–H groups in total. The molecule has 0 fully saturated rings. The van der Waals surface area contributed by atoms with Crippen molar-refractivity contribution in [3.63, 3.8) is 0 Å². The van der Waals surface area contributed by atoms with Crippen LogP contribution in [0.3, 0.4) is 0 Å². The molecule has 1 unspecified atom stereocenters. The zero-order chi connectivity index (χ0) is 21.2. The van der Waals surface area contributed by atoms with E-state index in [1.807, 2.05) is 0 Å². The van der Waals surface area contributed by atoms with Crippen LogP contribution in [-0.4, -0.2) is 39.5 Å². The Morgan fingerprint density at radius 2 is 1.97 bits per heavy atom. The number of carbonyl (C=O) groups excluding carboxylic acids is 1. The zero-order valence-electron chi connectivity index (χ0n) is 16.0. The van der Waals surface area contributed by atoms with Crippen molar-refractivity contribution >= 4 is 33.6 Å². The highest BCUT2D eigenvalue weighted by Gasteiger charge is 2.19. The van der Waals surface area contributed by atoms with Crippen LogP contribution in [0.15, 0.2) is 47.4 Å². The molecule has 0 aliphatic carbocycles. The first-order valence-corrected chi connectivity index (χ1v) is 10.8. The molecular weight excluding hydrogens is 416 g/mol. The summed E-state index contributed by atoms with van der Waals surface area (Å²) in [5.41, 5.74) is 1.35. The summed E-state index contributed by atoms with van der Waals surface area (Å²) < 4.78 is 34.1. The average Bonchev–Trinajstić information content (AvgIpc) is 2.70. The first-order valence-electron chi connectivity index (χ1n) is 8.83. The van der Waals surface area contributed by atoms with E-state index in [4.69, 9.17) is 26.2 Å². The van der Waals surface area contributed by atoms with Gasteiger partial charge in [0, 0.05) is 13.1 Å². The van der Waals surface area contributed by atoms with Crippen LogP contribution in [0.5, 0.6) is 11.5 Å². The molecule has 2 aromatic carbocycles. The largest absolute Gasteiger partial charge is 0.486 e. The molecule has 9 heteroatoms. The number of hydrogen-bond acceptors (Lipinski definition) is 5. The monoisotopic (exact) mass is 436 g/mol. The molecule has 0 saturated carbocycles. The van der Waals surface area contributed by atoms with E-state index in [0.29, 0.717) is 40.9 Å². The Labute approximate surface area is 174 Å². The van der Waals surface area contributed by atoms with Crippen LogP contribution in [-0.2, 0) is 14.8 Å². The van der Waals surface area contributed by atoms with Gasteiger partial charge in [0.2, 0.25) is 15.9 Å². The van der Waals surface area contributed by atoms with Crippen LogP contribution in [0.4, 0.5) is 0 Å². The number of halogens is 1. The summed E-state index contributed by atoms with van der Waals surface area (Å²) in [5, 5.41) is 5.60. The second-order valence-electron chi connectivity index (χ2n) is 6.60. The summed E-state index contributed by atoms with van der Waals surface area (Å²) in [5.74, 6) is 0.781. The van der Waals surface area contributed by atoms with E-state index in [1.54, 1.807) is 44.3 Å². The second kappa shape index (κ2) is 8.44. The quantitative estimate of drug-likeness (QED) is 0.726. The number of rotatable bonds is 5. The number of nitrogens with two attached hydrogens (primary N) is 1. The Balaban J connectivity index is 1.76. The third kappa shape index (κ3) is 4.90. The van der Waals surface area contributed by atoms with Crippen molar-refractivity contribution < 1.29 is 22.7 Å². The molecule has 1 heterocycles. The van der Waals surface area contributed by atoms with Gasteiger partial charge in [-0.15, -0.1) is 0 Å². The van der Waals surface area contributed by atoms with Crippen molar-refractivity contribution in [2.45, 2.75) is 17.9 Å². The SMILES string of the molecule is CC(c1cccc(S(N)(=O)=O)c1)N(C)C(=O)/C=C/c1cc(Cl)c2c(c1)OCCO2. The summed E-state index contributed by atoms with van der Waals surface area (Å²) in [4.78, 5) is 14.1. The molecule has 1 aliphatic heterocycles. The maximum absolute atomic E-state index is 12.6. The van der Waals surface area contributed by atoms with Gasteiger partial charge >= 0.3 is 0 Å². The number of likely N-dealkylation sites (N-methyl/N-ethyl adjacent to an activating group) is 1. The molecular formula is C20H21ClN2O5S. The van der Waals surface area contributed by atoms with Gasteiger partial charge < -0.3 is 14.4 Å². The Morgan fingerprint density at radius 3 is 2.69 bits per heavy atom. The van der Waals surface area contributed by atoms with Crippen LogP contribution in [0.1, 0.15) is 24.1 Å². The molecule has 0 spiro atoms. The normalized spacial score (nSPS) is 14.6. The molecule has 2 aromatic rings. The second-order valence-corrected chi connectivity index (χ2v) is 8.57. The number of hydrogen-bond donors (Lipinski definition) is 1. The number of nitrogens with zero attached hydrogens (tertiary/aromatic N) is 1. The highest BCUT2D eigenvalue weighted by molar-refractivity contribution is 7.89. The van der Waals surface area contributed by atoms with Gasteiger partial charge in [-0.3, -0.25) is 4.79 Å². The smallest absolute Gasteiger partial charge is 0.246 e. The van der Waals surface area contributed by atoms with Crippen molar-refractivity contribution in [1.82, 2.24) is 4.90 Å². The molecule has 0 radical (unpaired) electrons. The summed E-state index contributed by atoms with van der Waals surface area (Å²) in [6.45, 7) is 2.68. The maximum atomic E-state index is 12.6. The number of primary sulfonamides is 1. The fraction of sp³-hybridized carbons (Fsp3) is 0.250. The lowest BCUT2D eigenvalue weighted by Crippen LogP contribution is -2.28. The van der Waals surface area contributed by atoms with Gasteiger partial charge in [0.05, 0.1) is 16.0 Å². The van der Waals surface area contributed by atoms with Gasteiger partial charge in [-0.25, -0.2) is 13.6 Å². The van der Waals surface area contributed by atoms with E-state index >= 15 is 0 Å². The predicted molar refractivity (Wildman–Crippen MR) is 110 cm³/mol. The summed E-state index contributed by atoms with van der Waals surface area (Å²) in [6.07, 6.45) is 3.05. The number of fused-ring (bicyclic) bond motifs is 1. The van der Waals surface area contributed by atoms with Gasteiger partial charge in [0.25, 0.3) is 0 Å². The van der Waals surface area contributed by atoms with Gasteiger partial charge in [0.15, 0.2) is 11.5 Å². The molecule has 3 rings (SSSR count). The van der Waals surface area contributed by atoms with Crippen molar-refractivity contribution in [1.29, 1.82) is 0 Å².